The number of oxime groups is 1. The van der Waals surface area contributed by atoms with Gasteiger partial charge in [-0.25, -0.2) is 0 Å². The van der Waals surface area contributed by atoms with Crippen molar-refractivity contribution in [1.29, 1.82) is 0 Å². The molecule has 0 atom stereocenters. The zero-order valence-electron chi connectivity index (χ0n) is 12.6. The van der Waals surface area contributed by atoms with Crippen LogP contribution in [0.4, 0.5) is 5.69 Å². The van der Waals surface area contributed by atoms with Gasteiger partial charge in [-0.2, -0.15) is 0 Å². The Labute approximate surface area is 134 Å². The van der Waals surface area contributed by atoms with Crippen molar-refractivity contribution in [2.75, 3.05) is 38.6 Å². The fourth-order valence-corrected chi connectivity index (χ4v) is 3.51. The highest BCUT2D eigenvalue weighted by Gasteiger charge is 2.23. The summed E-state index contributed by atoms with van der Waals surface area (Å²) in [5, 5.41) is 12.2. The number of halogens is 1. The second-order valence-corrected chi connectivity index (χ2v) is 6.67. The second-order valence-electron chi connectivity index (χ2n) is 5.81. The average Bonchev–Trinajstić information content (AvgIpc) is 2.46. The van der Waals surface area contributed by atoms with Gasteiger partial charge in [-0.3, -0.25) is 0 Å². The van der Waals surface area contributed by atoms with Crippen LogP contribution < -0.4 is 10.6 Å². The van der Waals surface area contributed by atoms with E-state index in [0.717, 1.165) is 41.3 Å². The standard InChI is InChI=1S/C15H23BrN4O/c1-19(2)10-11-6-8-20(9-7-11)13-5-3-4-12(16)14(13)15(17)18-21/h3-5,11,21H,6-10H2,1-2H3,(H2,17,18). The Morgan fingerprint density at radius 1 is 1.43 bits per heavy atom. The van der Waals surface area contributed by atoms with E-state index in [0.29, 0.717) is 0 Å². The van der Waals surface area contributed by atoms with E-state index in [9.17, 15) is 0 Å². The third kappa shape index (κ3) is 3.89. The number of benzene rings is 1. The van der Waals surface area contributed by atoms with Crippen LogP contribution in [0.25, 0.3) is 0 Å². The van der Waals surface area contributed by atoms with Gasteiger partial charge in [0.15, 0.2) is 5.84 Å². The van der Waals surface area contributed by atoms with Crippen LogP contribution >= 0.6 is 15.9 Å². The maximum atomic E-state index is 8.99. The molecule has 1 aliphatic rings. The molecule has 1 aromatic carbocycles. The quantitative estimate of drug-likeness (QED) is 0.377. The molecule has 0 bridgehead atoms. The van der Waals surface area contributed by atoms with Gasteiger partial charge in [0.2, 0.25) is 0 Å². The minimum atomic E-state index is 0.146. The molecule has 116 valence electrons. The minimum absolute atomic E-state index is 0.146. The average molecular weight is 355 g/mol. The number of nitrogens with two attached hydrogens (primary N) is 1. The SMILES string of the molecule is CN(C)CC1CCN(c2cccc(Br)c2/C(N)=N/O)CC1. The lowest BCUT2D eigenvalue weighted by atomic mass is 9.95. The van der Waals surface area contributed by atoms with Crippen molar-refractivity contribution in [2.45, 2.75) is 12.8 Å². The lowest BCUT2D eigenvalue weighted by molar-refractivity contribution is 0.285. The molecule has 3 N–H and O–H groups in total. The van der Waals surface area contributed by atoms with E-state index in [1.165, 1.54) is 12.8 Å². The van der Waals surface area contributed by atoms with Gasteiger partial charge in [0.1, 0.15) is 0 Å². The summed E-state index contributed by atoms with van der Waals surface area (Å²) in [5.41, 5.74) is 7.63. The number of hydrogen-bond acceptors (Lipinski definition) is 4. The van der Waals surface area contributed by atoms with E-state index >= 15 is 0 Å². The molecule has 0 aliphatic carbocycles. The first-order valence-corrected chi connectivity index (χ1v) is 7.98. The molecule has 21 heavy (non-hydrogen) atoms. The highest BCUT2D eigenvalue weighted by Crippen LogP contribution is 2.31. The van der Waals surface area contributed by atoms with Crippen molar-refractivity contribution >= 4 is 27.5 Å². The van der Waals surface area contributed by atoms with Crippen LogP contribution in [-0.2, 0) is 0 Å². The number of piperidine rings is 1. The molecule has 1 aromatic rings. The summed E-state index contributed by atoms with van der Waals surface area (Å²) in [5.74, 6) is 0.892. The molecule has 5 nitrogen and oxygen atoms in total. The summed E-state index contributed by atoms with van der Waals surface area (Å²) in [4.78, 5) is 4.57. The van der Waals surface area contributed by atoms with Crippen molar-refractivity contribution in [1.82, 2.24) is 4.90 Å². The molecular weight excluding hydrogens is 332 g/mol. The van der Waals surface area contributed by atoms with Crippen molar-refractivity contribution in [3.05, 3.63) is 28.2 Å². The van der Waals surface area contributed by atoms with Crippen molar-refractivity contribution < 1.29 is 5.21 Å². The molecule has 1 fully saturated rings. The lowest BCUT2D eigenvalue weighted by Gasteiger charge is -2.35. The van der Waals surface area contributed by atoms with E-state index in [2.05, 4.69) is 45.0 Å². The Bertz CT molecular complexity index is 510. The van der Waals surface area contributed by atoms with E-state index < -0.39 is 0 Å². The Morgan fingerprint density at radius 2 is 2.10 bits per heavy atom. The Morgan fingerprint density at radius 3 is 2.67 bits per heavy atom. The van der Waals surface area contributed by atoms with Crippen molar-refractivity contribution in [2.24, 2.45) is 16.8 Å². The summed E-state index contributed by atoms with van der Waals surface area (Å²) in [6, 6.07) is 5.93. The van der Waals surface area contributed by atoms with Gasteiger partial charge in [0.25, 0.3) is 0 Å². The van der Waals surface area contributed by atoms with Gasteiger partial charge in [-0.1, -0.05) is 11.2 Å². The molecule has 1 heterocycles. The lowest BCUT2D eigenvalue weighted by Crippen LogP contribution is -2.38. The van der Waals surface area contributed by atoms with Gasteiger partial charge in [0, 0.05) is 29.8 Å². The Hall–Kier alpha value is -1.27. The van der Waals surface area contributed by atoms with Crippen LogP contribution in [0.5, 0.6) is 0 Å². The molecule has 0 saturated carbocycles. The molecule has 0 spiro atoms. The van der Waals surface area contributed by atoms with Crippen LogP contribution in [-0.4, -0.2) is 49.7 Å². The maximum absolute atomic E-state index is 8.99. The highest BCUT2D eigenvalue weighted by molar-refractivity contribution is 9.10. The van der Waals surface area contributed by atoms with Gasteiger partial charge in [-0.05, 0) is 60.9 Å². The molecular formula is C15H23BrN4O. The predicted molar refractivity (Wildman–Crippen MR) is 90.1 cm³/mol. The normalized spacial score (nSPS) is 17.5. The molecule has 2 rings (SSSR count). The smallest absolute Gasteiger partial charge is 0.173 e. The maximum Gasteiger partial charge on any atom is 0.173 e. The number of amidine groups is 1. The first-order valence-electron chi connectivity index (χ1n) is 7.19. The monoisotopic (exact) mass is 354 g/mol. The van der Waals surface area contributed by atoms with E-state index in [4.69, 9.17) is 10.9 Å². The fourth-order valence-electron chi connectivity index (χ4n) is 2.95. The molecule has 0 radical (unpaired) electrons. The van der Waals surface area contributed by atoms with Gasteiger partial charge >= 0.3 is 0 Å². The van der Waals surface area contributed by atoms with E-state index in [1.54, 1.807) is 0 Å². The predicted octanol–water partition coefficient (Wildman–Crippen LogP) is 2.32. The van der Waals surface area contributed by atoms with Crippen LogP contribution in [0.1, 0.15) is 18.4 Å². The summed E-state index contributed by atoms with van der Waals surface area (Å²) < 4.78 is 0.853. The number of nitrogens with zero attached hydrogens (tertiary/aromatic N) is 3. The first kappa shape index (κ1) is 16.1. The molecule has 0 aromatic heterocycles. The largest absolute Gasteiger partial charge is 0.409 e. The zero-order valence-corrected chi connectivity index (χ0v) is 14.2. The van der Waals surface area contributed by atoms with E-state index in [-0.39, 0.29) is 5.84 Å². The summed E-state index contributed by atoms with van der Waals surface area (Å²) in [6.45, 7) is 3.14. The molecule has 6 heteroatoms. The zero-order chi connectivity index (χ0) is 15.4. The highest BCUT2D eigenvalue weighted by atomic mass is 79.9. The summed E-state index contributed by atoms with van der Waals surface area (Å²) >= 11 is 3.49. The molecule has 1 aliphatic heterocycles. The third-order valence-corrected chi connectivity index (χ3v) is 4.59. The first-order chi connectivity index (χ1) is 10.0. The summed E-state index contributed by atoms with van der Waals surface area (Å²) in [7, 11) is 4.24. The van der Waals surface area contributed by atoms with E-state index in [1.807, 2.05) is 18.2 Å². The number of hydrogen-bond donors (Lipinski definition) is 2. The molecule has 0 amide bonds. The Kier molecular flexibility index (Phi) is 5.47. The number of anilines is 1. The van der Waals surface area contributed by atoms with Crippen LogP contribution in [0.2, 0.25) is 0 Å². The van der Waals surface area contributed by atoms with Crippen molar-refractivity contribution in [3.8, 4) is 0 Å². The third-order valence-electron chi connectivity index (χ3n) is 3.93. The van der Waals surface area contributed by atoms with Crippen molar-refractivity contribution in [3.63, 3.8) is 0 Å². The summed E-state index contributed by atoms with van der Waals surface area (Å²) in [6.07, 6.45) is 2.33. The topological polar surface area (TPSA) is 65.1 Å². The van der Waals surface area contributed by atoms with Gasteiger partial charge < -0.3 is 20.7 Å². The van der Waals surface area contributed by atoms with Gasteiger partial charge in [-0.15, -0.1) is 0 Å². The van der Waals surface area contributed by atoms with Gasteiger partial charge in [0.05, 0.1) is 5.56 Å². The number of rotatable bonds is 4. The van der Waals surface area contributed by atoms with Crippen LogP contribution in [0, 0.1) is 5.92 Å². The second kappa shape index (κ2) is 7.13. The fraction of sp³-hybridized carbons (Fsp3) is 0.533. The minimum Gasteiger partial charge on any atom is -0.409 e. The Balaban J connectivity index is 2.15. The van der Waals surface area contributed by atoms with Crippen LogP contribution in [0.3, 0.4) is 0 Å². The van der Waals surface area contributed by atoms with Crippen LogP contribution in [0.15, 0.2) is 27.8 Å². The molecule has 1 saturated heterocycles. The molecule has 0 unspecified atom stereocenters.